The molecule has 0 fully saturated rings. The molecule has 100 valence electrons. The van der Waals surface area contributed by atoms with Gasteiger partial charge in [0.2, 0.25) is 0 Å². The molecule has 0 aliphatic rings. The van der Waals surface area contributed by atoms with Crippen molar-refractivity contribution in [2.45, 2.75) is 26.2 Å². The van der Waals surface area contributed by atoms with Crippen LogP contribution in [0.1, 0.15) is 28.2 Å². The minimum atomic E-state index is 0.533. The van der Waals surface area contributed by atoms with E-state index < -0.39 is 0 Å². The Bertz CT molecular complexity index is 496. The van der Waals surface area contributed by atoms with Gasteiger partial charge >= 0.3 is 0 Å². The van der Waals surface area contributed by atoms with Gasteiger partial charge in [-0.25, -0.2) is 0 Å². The molecule has 0 amide bonds. The first-order chi connectivity index (χ1) is 9.22. The quantitative estimate of drug-likeness (QED) is 0.853. The van der Waals surface area contributed by atoms with E-state index >= 15 is 0 Å². The molecule has 0 saturated heterocycles. The molecule has 1 nitrogen and oxygen atoms in total. The first kappa shape index (κ1) is 13.8. The lowest BCUT2D eigenvalue weighted by molar-refractivity contribution is 0.623. The number of nitrogens with one attached hydrogen (secondary N) is 1. The molecular weight excluding hydrogens is 230 g/mol. The summed E-state index contributed by atoms with van der Waals surface area (Å²) in [5, 5.41) is 3.33. The molecule has 1 N–H and O–H groups in total. The second-order valence-corrected chi connectivity index (χ2v) is 5.24. The summed E-state index contributed by atoms with van der Waals surface area (Å²) in [5.41, 5.74) is 5.71. The highest BCUT2D eigenvalue weighted by molar-refractivity contribution is 5.35. The topological polar surface area (TPSA) is 12.0 Å². The number of rotatable bonds is 5. The highest BCUT2D eigenvalue weighted by atomic mass is 14.8. The van der Waals surface area contributed by atoms with E-state index in [9.17, 15) is 0 Å². The average Bonchev–Trinajstić information content (AvgIpc) is 2.43. The fraction of sp³-hybridized carbons (Fsp3) is 0.333. The summed E-state index contributed by atoms with van der Waals surface area (Å²) in [6.45, 7) is 5.44. The first-order valence-electron chi connectivity index (χ1n) is 6.97. The Morgan fingerprint density at radius 3 is 2.11 bits per heavy atom. The largest absolute Gasteiger partial charge is 0.319 e. The maximum Gasteiger partial charge on any atom is 0.00203 e. The van der Waals surface area contributed by atoms with Crippen LogP contribution in [0.15, 0.2) is 48.5 Å². The van der Waals surface area contributed by atoms with E-state index in [0.717, 1.165) is 13.0 Å². The first-order valence-corrected chi connectivity index (χ1v) is 6.97. The molecular formula is C18H23N. The zero-order chi connectivity index (χ0) is 13.7. The van der Waals surface area contributed by atoms with Gasteiger partial charge in [0.05, 0.1) is 0 Å². The van der Waals surface area contributed by atoms with Crippen LogP contribution in [0.2, 0.25) is 0 Å². The van der Waals surface area contributed by atoms with Gasteiger partial charge in [-0.1, -0.05) is 48.5 Å². The van der Waals surface area contributed by atoms with Crippen molar-refractivity contribution < 1.29 is 0 Å². The van der Waals surface area contributed by atoms with Crippen molar-refractivity contribution in [3.05, 3.63) is 70.8 Å². The molecule has 1 unspecified atom stereocenters. The molecule has 2 aromatic carbocycles. The fourth-order valence-electron chi connectivity index (χ4n) is 2.70. The maximum atomic E-state index is 3.33. The van der Waals surface area contributed by atoms with E-state index in [-0.39, 0.29) is 0 Å². The SMILES string of the molecule is CNCC(Cc1c(C)cccc1C)c1ccccc1. The molecule has 0 heterocycles. The van der Waals surface area contributed by atoms with Gasteiger partial charge in [-0.2, -0.15) is 0 Å². The van der Waals surface area contributed by atoms with Crippen LogP contribution >= 0.6 is 0 Å². The fourth-order valence-corrected chi connectivity index (χ4v) is 2.70. The molecule has 0 saturated carbocycles. The lowest BCUT2D eigenvalue weighted by Gasteiger charge is -2.20. The molecule has 1 atom stereocenters. The second-order valence-electron chi connectivity index (χ2n) is 5.24. The smallest absolute Gasteiger partial charge is 0.00203 e. The monoisotopic (exact) mass is 253 g/mol. The number of aryl methyl sites for hydroxylation is 2. The molecule has 0 aromatic heterocycles. The van der Waals surface area contributed by atoms with Crippen LogP contribution in [-0.4, -0.2) is 13.6 Å². The number of hydrogen-bond acceptors (Lipinski definition) is 1. The standard InChI is InChI=1S/C18H23N/c1-14-8-7-9-15(2)18(14)12-17(13-19-3)16-10-5-4-6-11-16/h4-11,17,19H,12-13H2,1-3H3. The van der Waals surface area contributed by atoms with Gasteiger partial charge < -0.3 is 5.32 Å². The average molecular weight is 253 g/mol. The number of hydrogen-bond donors (Lipinski definition) is 1. The van der Waals surface area contributed by atoms with Gasteiger partial charge in [0.15, 0.2) is 0 Å². The van der Waals surface area contributed by atoms with E-state index in [1.807, 2.05) is 7.05 Å². The van der Waals surface area contributed by atoms with Crippen molar-refractivity contribution in [2.75, 3.05) is 13.6 Å². The van der Waals surface area contributed by atoms with Gasteiger partial charge in [-0.3, -0.25) is 0 Å². The van der Waals surface area contributed by atoms with Crippen LogP contribution in [0.4, 0.5) is 0 Å². The van der Waals surface area contributed by atoms with Gasteiger partial charge in [-0.05, 0) is 49.6 Å². The Morgan fingerprint density at radius 2 is 1.53 bits per heavy atom. The molecule has 0 aliphatic heterocycles. The van der Waals surface area contributed by atoms with Gasteiger partial charge in [0.25, 0.3) is 0 Å². The van der Waals surface area contributed by atoms with Crippen LogP contribution in [0.5, 0.6) is 0 Å². The molecule has 1 heteroatoms. The van der Waals surface area contributed by atoms with Gasteiger partial charge in [-0.15, -0.1) is 0 Å². The summed E-state index contributed by atoms with van der Waals surface area (Å²) in [6.07, 6.45) is 1.10. The Morgan fingerprint density at radius 1 is 0.895 bits per heavy atom. The van der Waals surface area contributed by atoms with Gasteiger partial charge in [0.1, 0.15) is 0 Å². The molecule has 2 aromatic rings. The molecule has 19 heavy (non-hydrogen) atoms. The third kappa shape index (κ3) is 3.45. The predicted octanol–water partition coefficient (Wildman–Crippen LogP) is 3.85. The van der Waals surface area contributed by atoms with E-state index in [1.54, 1.807) is 0 Å². The van der Waals surface area contributed by atoms with E-state index in [1.165, 1.54) is 22.3 Å². The minimum Gasteiger partial charge on any atom is -0.319 e. The van der Waals surface area contributed by atoms with Crippen molar-refractivity contribution in [3.8, 4) is 0 Å². The highest BCUT2D eigenvalue weighted by Gasteiger charge is 2.13. The molecule has 0 bridgehead atoms. The van der Waals surface area contributed by atoms with E-state index in [2.05, 4.69) is 67.7 Å². The van der Waals surface area contributed by atoms with Crippen LogP contribution in [0.3, 0.4) is 0 Å². The summed E-state index contributed by atoms with van der Waals surface area (Å²) in [6, 6.07) is 17.4. The maximum absolute atomic E-state index is 3.33. The summed E-state index contributed by atoms with van der Waals surface area (Å²) in [7, 11) is 2.03. The molecule has 0 radical (unpaired) electrons. The zero-order valence-electron chi connectivity index (χ0n) is 12.1. The lowest BCUT2D eigenvalue weighted by Crippen LogP contribution is -2.19. The molecule has 0 aliphatic carbocycles. The molecule has 0 spiro atoms. The lowest BCUT2D eigenvalue weighted by atomic mass is 9.88. The van der Waals surface area contributed by atoms with E-state index in [4.69, 9.17) is 0 Å². The van der Waals surface area contributed by atoms with Crippen LogP contribution in [0.25, 0.3) is 0 Å². The Kier molecular flexibility index (Phi) is 4.75. The van der Waals surface area contributed by atoms with Crippen molar-refractivity contribution in [3.63, 3.8) is 0 Å². The van der Waals surface area contributed by atoms with E-state index in [0.29, 0.717) is 5.92 Å². The Balaban J connectivity index is 2.27. The predicted molar refractivity (Wildman–Crippen MR) is 82.7 cm³/mol. The van der Waals surface area contributed by atoms with Crippen LogP contribution in [-0.2, 0) is 6.42 Å². The zero-order valence-corrected chi connectivity index (χ0v) is 12.1. The van der Waals surface area contributed by atoms with Crippen molar-refractivity contribution in [2.24, 2.45) is 0 Å². The van der Waals surface area contributed by atoms with Crippen molar-refractivity contribution in [1.29, 1.82) is 0 Å². The normalized spacial score (nSPS) is 12.4. The number of likely N-dealkylation sites (N-methyl/N-ethyl adjacent to an activating group) is 1. The Labute approximate surface area is 116 Å². The van der Waals surface area contributed by atoms with Gasteiger partial charge in [0, 0.05) is 12.5 Å². The third-order valence-corrected chi connectivity index (χ3v) is 3.82. The number of benzene rings is 2. The van der Waals surface area contributed by atoms with Crippen LogP contribution < -0.4 is 5.32 Å². The Hall–Kier alpha value is -1.60. The van der Waals surface area contributed by atoms with Crippen LogP contribution in [0, 0.1) is 13.8 Å². The van der Waals surface area contributed by atoms with Crippen molar-refractivity contribution in [1.82, 2.24) is 5.32 Å². The second kappa shape index (κ2) is 6.53. The van der Waals surface area contributed by atoms with Crippen molar-refractivity contribution >= 4 is 0 Å². The molecule has 2 rings (SSSR count). The summed E-state index contributed by atoms with van der Waals surface area (Å²) < 4.78 is 0. The third-order valence-electron chi connectivity index (χ3n) is 3.82. The summed E-state index contributed by atoms with van der Waals surface area (Å²) in [5.74, 6) is 0.533. The minimum absolute atomic E-state index is 0.533. The summed E-state index contributed by atoms with van der Waals surface area (Å²) in [4.78, 5) is 0. The summed E-state index contributed by atoms with van der Waals surface area (Å²) >= 11 is 0. The highest BCUT2D eigenvalue weighted by Crippen LogP contribution is 2.24.